The van der Waals surface area contributed by atoms with Gasteiger partial charge in [0, 0.05) is 11.1 Å². The van der Waals surface area contributed by atoms with Crippen LogP contribution < -0.4 is 9.64 Å². The first kappa shape index (κ1) is 19.5. The summed E-state index contributed by atoms with van der Waals surface area (Å²) in [6.45, 7) is -0.187. The van der Waals surface area contributed by atoms with Gasteiger partial charge in [-0.05, 0) is 18.2 Å². The molecule has 6 nitrogen and oxygen atoms in total. The monoisotopic (exact) mass is 442 g/mol. The maximum atomic E-state index is 14.0. The Balaban J connectivity index is 1.75. The van der Waals surface area contributed by atoms with E-state index in [1.165, 1.54) is 23.1 Å². The molecule has 1 aliphatic heterocycles. The van der Waals surface area contributed by atoms with Crippen LogP contribution in [-0.2, 0) is 16.1 Å². The maximum absolute atomic E-state index is 14.0. The van der Waals surface area contributed by atoms with Crippen LogP contribution >= 0.6 is 22.9 Å². The number of thiazole rings is 1. The summed E-state index contributed by atoms with van der Waals surface area (Å²) in [6.07, 6.45) is -1.84. The van der Waals surface area contributed by atoms with E-state index >= 15 is 0 Å². The summed E-state index contributed by atoms with van der Waals surface area (Å²) < 4.78 is 46.2. The number of anilines is 1. The molecular weight excluding hydrogens is 433 g/mol. The third-order valence-corrected chi connectivity index (χ3v) is 5.52. The molecule has 0 saturated heterocycles. The van der Waals surface area contributed by atoms with Crippen molar-refractivity contribution in [3.8, 4) is 5.75 Å². The van der Waals surface area contributed by atoms with Crippen molar-refractivity contribution in [3.63, 3.8) is 0 Å². The summed E-state index contributed by atoms with van der Waals surface area (Å²) in [4.78, 5) is 29.2. The molecule has 1 N–H and O–H groups in total. The van der Waals surface area contributed by atoms with Crippen LogP contribution in [-0.4, -0.2) is 28.1 Å². The molecule has 2 heterocycles. The fourth-order valence-corrected chi connectivity index (χ4v) is 4.10. The number of carbonyl (C=O) groups is 2. The molecule has 11 heteroatoms. The highest BCUT2D eigenvalue weighted by atomic mass is 35.5. The van der Waals surface area contributed by atoms with Crippen LogP contribution in [0.2, 0.25) is 5.02 Å². The maximum Gasteiger partial charge on any atom is 0.307 e. The molecule has 3 aromatic rings. The Morgan fingerprint density at radius 1 is 1.28 bits per heavy atom. The minimum atomic E-state index is -1.60. The average Bonchev–Trinajstić information content (AvgIpc) is 3.06. The Bertz CT molecular complexity index is 1170. The van der Waals surface area contributed by atoms with Gasteiger partial charge in [0.25, 0.3) is 5.91 Å². The summed E-state index contributed by atoms with van der Waals surface area (Å²) in [7, 11) is 0. The molecule has 0 spiro atoms. The van der Waals surface area contributed by atoms with E-state index in [0.717, 1.165) is 17.4 Å². The average molecular weight is 443 g/mol. The van der Waals surface area contributed by atoms with Gasteiger partial charge in [-0.2, -0.15) is 0 Å². The molecule has 29 heavy (non-hydrogen) atoms. The number of halogens is 4. The van der Waals surface area contributed by atoms with Gasteiger partial charge in [-0.1, -0.05) is 11.6 Å². The molecule has 0 saturated carbocycles. The SMILES string of the molecule is O=C(O)CC1Oc2ccc(Cl)cc2N(Cc2nc3cc(F)c(F)c(F)c3s2)C1=O. The molecule has 2 aromatic carbocycles. The van der Waals surface area contributed by atoms with Crippen LogP contribution in [0.15, 0.2) is 24.3 Å². The highest BCUT2D eigenvalue weighted by molar-refractivity contribution is 7.18. The van der Waals surface area contributed by atoms with Gasteiger partial charge >= 0.3 is 5.97 Å². The van der Waals surface area contributed by atoms with Crippen molar-refractivity contribution in [2.75, 3.05) is 4.90 Å². The predicted octanol–water partition coefficient (Wildman–Crippen LogP) is 4.14. The van der Waals surface area contributed by atoms with E-state index in [0.29, 0.717) is 5.02 Å². The number of nitrogens with zero attached hydrogens (tertiary/aromatic N) is 2. The Morgan fingerprint density at radius 2 is 2.03 bits per heavy atom. The topological polar surface area (TPSA) is 79.7 Å². The number of fused-ring (bicyclic) bond motifs is 2. The number of rotatable bonds is 4. The molecule has 0 aliphatic carbocycles. The molecule has 150 valence electrons. The minimum absolute atomic E-state index is 0.0875. The van der Waals surface area contributed by atoms with Crippen molar-refractivity contribution in [2.24, 2.45) is 0 Å². The summed E-state index contributed by atoms with van der Waals surface area (Å²) in [6, 6.07) is 5.24. The lowest BCUT2D eigenvalue weighted by Crippen LogP contribution is -2.46. The number of carboxylic acids is 1. The van der Waals surface area contributed by atoms with Crippen molar-refractivity contribution in [2.45, 2.75) is 19.1 Å². The summed E-state index contributed by atoms with van der Waals surface area (Å²) in [5.41, 5.74) is 0.191. The van der Waals surface area contributed by atoms with Crippen LogP contribution in [0.25, 0.3) is 10.2 Å². The van der Waals surface area contributed by atoms with Gasteiger partial charge in [0.05, 0.1) is 28.9 Å². The van der Waals surface area contributed by atoms with Crippen molar-refractivity contribution < 1.29 is 32.6 Å². The van der Waals surface area contributed by atoms with Crippen LogP contribution in [0.5, 0.6) is 5.75 Å². The van der Waals surface area contributed by atoms with Crippen LogP contribution in [0.3, 0.4) is 0 Å². The number of carbonyl (C=O) groups excluding carboxylic acids is 1. The standard InChI is InChI=1S/C18H10ClF3N2O4S/c19-7-1-2-11-10(3-7)24(18(27)12(28-11)5-14(25)26)6-13-23-9-4-8(20)15(21)16(22)17(9)29-13/h1-4,12H,5-6H2,(H,25,26). The number of aromatic nitrogens is 1. The molecule has 1 aliphatic rings. The number of hydrogen-bond acceptors (Lipinski definition) is 5. The number of hydrogen-bond donors (Lipinski definition) is 1. The smallest absolute Gasteiger partial charge is 0.307 e. The zero-order chi connectivity index (χ0) is 20.9. The second kappa shape index (κ2) is 7.20. The third-order valence-electron chi connectivity index (χ3n) is 4.24. The summed E-state index contributed by atoms with van der Waals surface area (Å²) >= 11 is 6.76. The van der Waals surface area contributed by atoms with Crippen molar-refractivity contribution in [1.82, 2.24) is 4.98 Å². The molecule has 0 fully saturated rings. The van der Waals surface area contributed by atoms with Gasteiger partial charge < -0.3 is 9.84 Å². The first-order valence-electron chi connectivity index (χ1n) is 8.17. The first-order valence-corrected chi connectivity index (χ1v) is 9.36. The predicted molar refractivity (Wildman–Crippen MR) is 98.8 cm³/mol. The number of aliphatic carboxylic acids is 1. The van der Waals surface area contributed by atoms with Crippen LogP contribution in [0.1, 0.15) is 11.4 Å². The highest BCUT2D eigenvalue weighted by Crippen LogP contribution is 2.38. The lowest BCUT2D eigenvalue weighted by Gasteiger charge is -2.33. The lowest BCUT2D eigenvalue weighted by molar-refractivity contribution is -0.142. The number of carboxylic acid groups (broad SMARTS) is 1. The Hall–Kier alpha value is -2.85. The number of ether oxygens (including phenoxy) is 1. The Kier molecular flexibility index (Phi) is 4.83. The Morgan fingerprint density at radius 3 is 2.76 bits per heavy atom. The molecule has 0 bridgehead atoms. The van der Waals surface area contributed by atoms with E-state index in [9.17, 15) is 22.8 Å². The second-order valence-corrected chi connectivity index (χ2v) is 7.70. The molecule has 4 rings (SSSR count). The molecule has 1 unspecified atom stereocenters. The van der Waals surface area contributed by atoms with E-state index < -0.39 is 41.9 Å². The normalized spacial score (nSPS) is 16.1. The van der Waals surface area contributed by atoms with Gasteiger partial charge in [-0.15, -0.1) is 11.3 Å². The molecule has 1 amide bonds. The lowest BCUT2D eigenvalue weighted by atomic mass is 10.1. The quantitative estimate of drug-likeness (QED) is 0.614. The largest absolute Gasteiger partial charge is 0.481 e. The fraction of sp³-hybridized carbons (Fsp3) is 0.167. The molecular formula is C18H10ClF3N2O4S. The minimum Gasteiger partial charge on any atom is -0.481 e. The van der Waals surface area contributed by atoms with Crippen LogP contribution in [0, 0.1) is 17.5 Å². The third kappa shape index (κ3) is 3.49. The van der Waals surface area contributed by atoms with Gasteiger partial charge in [-0.3, -0.25) is 14.5 Å². The van der Waals surface area contributed by atoms with E-state index in [4.69, 9.17) is 21.4 Å². The van der Waals surface area contributed by atoms with Gasteiger partial charge in [0.2, 0.25) is 0 Å². The van der Waals surface area contributed by atoms with Crippen molar-refractivity contribution in [1.29, 1.82) is 0 Å². The highest BCUT2D eigenvalue weighted by Gasteiger charge is 2.36. The Labute approximate surface area is 170 Å². The van der Waals surface area contributed by atoms with Gasteiger partial charge in [0.15, 0.2) is 23.6 Å². The fourth-order valence-electron chi connectivity index (χ4n) is 2.97. The number of amides is 1. The van der Waals surface area contributed by atoms with Gasteiger partial charge in [-0.25, -0.2) is 18.2 Å². The zero-order valence-electron chi connectivity index (χ0n) is 14.3. The summed E-state index contributed by atoms with van der Waals surface area (Å²) in [5.74, 6) is -5.97. The zero-order valence-corrected chi connectivity index (χ0v) is 15.9. The second-order valence-electron chi connectivity index (χ2n) is 6.18. The van der Waals surface area contributed by atoms with Crippen molar-refractivity contribution >= 4 is 50.7 Å². The van der Waals surface area contributed by atoms with E-state index in [1.54, 1.807) is 0 Å². The molecule has 1 atom stereocenters. The first-order chi connectivity index (χ1) is 13.7. The van der Waals surface area contributed by atoms with E-state index in [1.807, 2.05) is 0 Å². The molecule has 1 aromatic heterocycles. The van der Waals surface area contributed by atoms with E-state index in [2.05, 4.69) is 4.98 Å². The van der Waals surface area contributed by atoms with Gasteiger partial charge in [0.1, 0.15) is 10.8 Å². The molecule has 0 radical (unpaired) electrons. The van der Waals surface area contributed by atoms with Crippen LogP contribution in [0.4, 0.5) is 18.9 Å². The summed E-state index contributed by atoms with van der Waals surface area (Å²) in [5, 5.41) is 9.54. The van der Waals surface area contributed by atoms with E-state index in [-0.39, 0.29) is 33.2 Å². The van der Waals surface area contributed by atoms with Crippen molar-refractivity contribution in [3.05, 3.63) is 51.7 Å². The number of benzene rings is 2.